The third-order valence-corrected chi connectivity index (χ3v) is 7.78. The van der Waals surface area contributed by atoms with E-state index in [1.807, 2.05) is 0 Å². The quantitative estimate of drug-likeness (QED) is 0.465. The van der Waals surface area contributed by atoms with Crippen LogP contribution in [0.25, 0.3) is 5.65 Å². The van der Waals surface area contributed by atoms with Crippen molar-refractivity contribution >= 4 is 21.4 Å². The van der Waals surface area contributed by atoms with Gasteiger partial charge < -0.3 is 9.72 Å². The van der Waals surface area contributed by atoms with Gasteiger partial charge in [0, 0.05) is 18.9 Å². The van der Waals surface area contributed by atoms with Crippen molar-refractivity contribution in [3.05, 3.63) is 65.4 Å². The van der Waals surface area contributed by atoms with E-state index in [4.69, 9.17) is 0 Å². The summed E-state index contributed by atoms with van der Waals surface area (Å²) in [6.45, 7) is 2.14. The van der Waals surface area contributed by atoms with Crippen molar-refractivity contribution in [3.8, 4) is 0 Å². The summed E-state index contributed by atoms with van der Waals surface area (Å²) < 4.78 is 116. The van der Waals surface area contributed by atoms with Gasteiger partial charge in [0.15, 0.2) is 9.84 Å². The van der Waals surface area contributed by atoms with Gasteiger partial charge in [0.05, 0.1) is 20.8 Å². The van der Waals surface area contributed by atoms with E-state index in [0.29, 0.717) is 12.1 Å². The minimum atomic E-state index is -4.96. The molecule has 1 amide bonds. The number of fused-ring (bicyclic) bond motifs is 1. The second-order valence-electron chi connectivity index (χ2n) is 8.25. The van der Waals surface area contributed by atoms with Crippen LogP contribution in [0.1, 0.15) is 41.9 Å². The van der Waals surface area contributed by atoms with Crippen LogP contribution in [0.5, 0.6) is 0 Å². The van der Waals surface area contributed by atoms with Crippen LogP contribution >= 0.6 is 0 Å². The van der Waals surface area contributed by atoms with Crippen LogP contribution in [0, 0.1) is 5.82 Å². The number of amides is 1. The van der Waals surface area contributed by atoms with E-state index in [9.17, 15) is 43.9 Å². The normalized spacial score (nSPS) is 13.3. The number of carbonyl (C=O) groups is 1. The highest BCUT2D eigenvalue weighted by molar-refractivity contribution is 7.92. The number of alkyl halides is 6. The lowest BCUT2D eigenvalue weighted by atomic mass is 10.1. The number of nitrogens with zero attached hydrogens (tertiary/aromatic N) is 2. The first kappa shape index (κ1) is 26.4. The van der Waals surface area contributed by atoms with Crippen molar-refractivity contribution in [1.29, 1.82) is 0 Å². The fraction of sp³-hybridized carbons (Fsp3) is 0.333. The number of pyridine rings is 1. The Bertz CT molecular complexity index is 1380. The molecule has 190 valence electrons. The highest BCUT2D eigenvalue weighted by atomic mass is 32.2. The Labute approximate surface area is 194 Å². The molecule has 1 N–H and O–H groups in total. The number of aromatic nitrogens is 2. The van der Waals surface area contributed by atoms with Gasteiger partial charge in [-0.3, -0.25) is 4.79 Å². The molecule has 0 fully saturated rings. The molecule has 14 heteroatoms. The maximum atomic E-state index is 13.7. The molecular weight excluding hydrogens is 507 g/mol. The van der Waals surface area contributed by atoms with Gasteiger partial charge in [0.1, 0.15) is 17.2 Å². The minimum absolute atomic E-state index is 0.0673. The SMILES string of the molecule is CC(C)(CCNC(=O)c1cn2cc(C(F)(F)F)ccc2n1)S(=O)(=O)c1cc(F)cc(C(F)(F)F)c1. The first-order valence-electron chi connectivity index (χ1n) is 9.88. The Kier molecular flexibility index (Phi) is 6.65. The van der Waals surface area contributed by atoms with E-state index in [2.05, 4.69) is 10.3 Å². The second kappa shape index (κ2) is 8.81. The Morgan fingerprint density at radius 3 is 2.20 bits per heavy atom. The van der Waals surface area contributed by atoms with E-state index in [1.165, 1.54) is 13.8 Å². The summed E-state index contributed by atoms with van der Waals surface area (Å²) in [5.41, 5.74) is -2.57. The van der Waals surface area contributed by atoms with E-state index in [0.717, 1.165) is 28.9 Å². The molecule has 0 aliphatic heterocycles. The molecule has 2 aromatic heterocycles. The average molecular weight is 525 g/mol. The molecule has 3 aromatic rings. The number of hydrogen-bond donors (Lipinski definition) is 1. The van der Waals surface area contributed by atoms with Gasteiger partial charge in [0.25, 0.3) is 5.91 Å². The zero-order chi connectivity index (χ0) is 26.4. The van der Waals surface area contributed by atoms with Crippen molar-refractivity contribution in [1.82, 2.24) is 14.7 Å². The fourth-order valence-electron chi connectivity index (χ4n) is 3.17. The molecule has 0 aliphatic carbocycles. The van der Waals surface area contributed by atoms with E-state index >= 15 is 0 Å². The molecule has 0 bridgehead atoms. The molecule has 0 radical (unpaired) electrons. The fourth-order valence-corrected chi connectivity index (χ4v) is 4.73. The first-order valence-corrected chi connectivity index (χ1v) is 11.4. The molecule has 0 unspecified atom stereocenters. The van der Waals surface area contributed by atoms with Gasteiger partial charge in [-0.1, -0.05) is 0 Å². The monoisotopic (exact) mass is 525 g/mol. The van der Waals surface area contributed by atoms with Crippen molar-refractivity contribution < 1.29 is 43.9 Å². The van der Waals surface area contributed by atoms with Gasteiger partial charge in [-0.15, -0.1) is 0 Å². The molecule has 0 atom stereocenters. The lowest BCUT2D eigenvalue weighted by molar-refractivity contribution is -0.138. The van der Waals surface area contributed by atoms with Crippen molar-refractivity contribution in [3.63, 3.8) is 0 Å². The number of carbonyl (C=O) groups excluding carboxylic acids is 1. The number of benzene rings is 1. The Morgan fingerprint density at radius 2 is 1.60 bits per heavy atom. The van der Waals surface area contributed by atoms with E-state index < -0.39 is 54.7 Å². The maximum Gasteiger partial charge on any atom is 0.417 e. The zero-order valence-electron chi connectivity index (χ0n) is 18.1. The number of halogens is 7. The predicted octanol–water partition coefficient (Wildman–Crippen LogP) is 4.88. The molecule has 0 aliphatic rings. The summed E-state index contributed by atoms with van der Waals surface area (Å²) in [6.07, 6.45) is -8.01. The summed E-state index contributed by atoms with van der Waals surface area (Å²) >= 11 is 0. The lowest BCUT2D eigenvalue weighted by Gasteiger charge is -2.25. The van der Waals surface area contributed by atoms with Crippen molar-refractivity contribution in [2.24, 2.45) is 0 Å². The van der Waals surface area contributed by atoms with Crippen molar-refractivity contribution in [2.75, 3.05) is 6.54 Å². The molecule has 2 heterocycles. The van der Waals surface area contributed by atoms with Crippen LogP contribution in [0.3, 0.4) is 0 Å². The maximum absolute atomic E-state index is 13.7. The molecule has 0 saturated carbocycles. The molecule has 1 aromatic carbocycles. The standard InChI is InChI=1S/C21H18F7N3O3S/c1-19(2,35(33,34)15-8-13(21(26,27)28)7-14(22)9-15)5-6-29-18(32)16-11-31-10-12(20(23,24)25)3-4-17(31)30-16/h3-4,7-11H,5-6H2,1-2H3,(H,29,32). The second-order valence-corrected chi connectivity index (χ2v) is 10.8. The summed E-state index contributed by atoms with van der Waals surface area (Å²) in [7, 11) is -4.46. The van der Waals surface area contributed by atoms with Crippen LogP contribution in [0.2, 0.25) is 0 Å². The average Bonchev–Trinajstić information content (AvgIpc) is 3.15. The van der Waals surface area contributed by atoms with Gasteiger partial charge in [-0.05, 0) is 50.6 Å². The zero-order valence-corrected chi connectivity index (χ0v) is 18.9. The van der Waals surface area contributed by atoms with Crippen LogP contribution in [-0.4, -0.2) is 35.0 Å². The van der Waals surface area contributed by atoms with Gasteiger partial charge in [0.2, 0.25) is 0 Å². The van der Waals surface area contributed by atoms with E-state index in [1.54, 1.807) is 0 Å². The summed E-state index contributed by atoms with van der Waals surface area (Å²) in [6, 6.07) is 2.87. The molecule has 35 heavy (non-hydrogen) atoms. The largest absolute Gasteiger partial charge is 0.417 e. The molecule has 3 rings (SSSR count). The lowest BCUT2D eigenvalue weighted by Crippen LogP contribution is -2.37. The summed E-state index contributed by atoms with van der Waals surface area (Å²) in [4.78, 5) is 15.4. The Balaban J connectivity index is 1.73. The number of rotatable bonds is 6. The molecular formula is C21H18F7N3O3S. The van der Waals surface area contributed by atoms with Gasteiger partial charge >= 0.3 is 12.4 Å². The number of sulfone groups is 1. The van der Waals surface area contributed by atoms with Crippen LogP contribution in [-0.2, 0) is 22.2 Å². The Hall–Kier alpha value is -3.16. The number of hydrogen-bond acceptors (Lipinski definition) is 4. The first-order chi connectivity index (χ1) is 15.9. The topological polar surface area (TPSA) is 80.5 Å². The van der Waals surface area contributed by atoms with Crippen LogP contribution < -0.4 is 5.32 Å². The predicted molar refractivity (Wildman–Crippen MR) is 110 cm³/mol. The minimum Gasteiger partial charge on any atom is -0.351 e. The molecule has 0 spiro atoms. The van der Waals surface area contributed by atoms with Crippen LogP contribution in [0.15, 0.2) is 47.6 Å². The van der Waals surface area contributed by atoms with Gasteiger partial charge in [-0.25, -0.2) is 17.8 Å². The van der Waals surface area contributed by atoms with Crippen molar-refractivity contribution in [2.45, 2.75) is 42.3 Å². The summed E-state index contributed by atoms with van der Waals surface area (Å²) in [5, 5.41) is 2.38. The number of imidazole rings is 1. The molecule has 6 nitrogen and oxygen atoms in total. The highest BCUT2D eigenvalue weighted by Gasteiger charge is 2.39. The third-order valence-electron chi connectivity index (χ3n) is 5.26. The number of nitrogens with one attached hydrogen (secondary N) is 1. The summed E-state index contributed by atoms with van der Waals surface area (Å²) in [5.74, 6) is -2.18. The van der Waals surface area contributed by atoms with Gasteiger partial charge in [-0.2, -0.15) is 26.3 Å². The van der Waals surface area contributed by atoms with E-state index in [-0.39, 0.29) is 30.4 Å². The molecule has 0 saturated heterocycles. The smallest absolute Gasteiger partial charge is 0.351 e. The highest BCUT2D eigenvalue weighted by Crippen LogP contribution is 2.35. The van der Waals surface area contributed by atoms with Crippen LogP contribution in [0.4, 0.5) is 30.7 Å². The Morgan fingerprint density at radius 1 is 0.971 bits per heavy atom. The third kappa shape index (κ3) is 5.57.